The van der Waals surface area contributed by atoms with E-state index in [1.165, 1.54) is 0 Å². The van der Waals surface area contributed by atoms with Gasteiger partial charge in [0.25, 0.3) is 0 Å². The zero-order chi connectivity index (χ0) is 9.90. The van der Waals surface area contributed by atoms with Crippen molar-refractivity contribution >= 4 is 37.3 Å². The third-order valence-electron chi connectivity index (χ3n) is 1.54. The Hall–Kier alpha value is 0.0900. The molecule has 1 heterocycles. The van der Waals surface area contributed by atoms with Gasteiger partial charge in [-0.05, 0) is 29.3 Å². The number of sulfonamides is 1. The maximum atomic E-state index is 11.2. The highest BCUT2D eigenvalue weighted by molar-refractivity contribution is 9.10. The highest BCUT2D eigenvalue weighted by Crippen LogP contribution is 2.16. The second-order valence-corrected chi connectivity index (χ2v) is 6.46. The molecule has 0 amide bonds. The van der Waals surface area contributed by atoms with Crippen molar-refractivity contribution in [1.29, 1.82) is 0 Å². The summed E-state index contributed by atoms with van der Waals surface area (Å²) in [6.45, 7) is 1.82. The first kappa shape index (κ1) is 11.2. The Labute approximate surface area is 90.3 Å². The number of thiophene rings is 1. The maximum Gasteiger partial charge on any atom is 0.222 e. The summed E-state index contributed by atoms with van der Waals surface area (Å²) in [5.41, 5.74) is 0.995. The van der Waals surface area contributed by atoms with Gasteiger partial charge in [0.05, 0.1) is 0 Å². The molecule has 1 unspecified atom stereocenters. The SMILES string of the molecule is CC(NS(=O)(=O)CBr)c1ccsc1. The molecule has 13 heavy (non-hydrogen) atoms. The van der Waals surface area contributed by atoms with Crippen molar-refractivity contribution in [3.05, 3.63) is 22.4 Å². The fourth-order valence-electron chi connectivity index (χ4n) is 0.890. The molecule has 0 aliphatic heterocycles. The molecule has 1 aromatic heterocycles. The number of alkyl halides is 1. The molecule has 0 spiro atoms. The molecule has 6 heteroatoms. The summed E-state index contributed by atoms with van der Waals surface area (Å²) < 4.78 is 24.8. The standard InChI is InChI=1S/C7H10BrNO2S2/c1-6(7-2-3-12-4-7)9-13(10,11)5-8/h2-4,6,9H,5H2,1H3. The van der Waals surface area contributed by atoms with Gasteiger partial charge in [0.1, 0.15) is 4.66 Å². The lowest BCUT2D eigenvalue weighted by atomic mass is 10.2. The van der Waals surface area contributed by atoms with Crippen molar-refractivity contribution in [3.63, 3.8) is 0 Å². The summed E-state index contributed by atoms with van der Waals surface area (Å²) in [6, 6.07) is 1.75. The van der Waals surface area contributed by atoms with Gasteiger partial charge in [-0.3, -0.25) is 0 Å². The first-order valence-electron chi connectivity index (χ1n) is 3.63. The molecule has 0 aliphatic carbocycles. The van der Waals surface area contributed by atoms with Crippen molar-refractivity contribution in [1.82, 2.24) is 4.72 Å². The molecule has 0 saturated heterocycles. The van der Waals surface area contributed by atoms with Gasteiger partial charge in [-0.15, -0.1) is 0 Å². The smallest absolute Gasteiger partial charge is 0.212 e. The summed E-state index contributed by atoms with van der Waals surface area (Å²) in [7, 11) is -3.17. The molecule has 0 fully saturated rings. The molecule has 0 saturated carbocycles. The predicted octanol–water partition coefficient (Wildman–Crippen LogP) is 2.08. The second kappa shape index (κ2) is 4.54. The van der Waals surface area contributed by atoms with E-state index >= 15 is 0 Å². The van der Waals surface area contributed by atoms with Crippen LogP contribution in [-0.2, 0) is 10.0 Å². The van der Waals surface area contributed by atoms with E-state index in [2.05, 4.69) is 20.7 Å². The van der Waals surface area contributed by atoms with Crippen LogP contribution >= 0.6 is 27.3 Å². The fraction of sp³-hybridized carbons (Fsp3) is 0.429. The van der Waals surface area contributed by atoms with E-state index in [-0.39, 0.29) is 10.7 Å². The van der Waals surface area contributed by atoms with E-state index in [9.17, 15) is 8.42 Å². The molecule has 0 radical (unpaired) electrons. The van der Waals surface area contributed by atoms with Gasteiger partial charge in [-0.2, -0.15) is 11.3 Å². The van der Waals surface area contributed by atoms with Gasteiger partial charge in [0.15, 0.2) is 0 Å². The molecule has 1 atom stereocenters. The molecular formula is C7H10BrNO2S2. The molecule has 1 N–H and O–H groups in total. The van der Waals surface area contributed by atoms with Gasteiger partial charge >= 0.3 is 0 Å². The number of halogens is 1. The minimum Gasteiger partial charge on any atom is -0.212 e. The minimum absolute atomic E-state index is 0.0610. The van der Waals surface area contributed by atoms with Crippen molar-refractivity contribution in [2.45, 2.75) is 13.0 Å². The van der Waals surface area contributed by atoms with Gasteiger partial charge in [-0.25, -0.2) is 13.1 Å². The molecule has 0 aromatic carbocycles. The van der Waals surface area contributed by atoms with Crippen LogP contribution in [0.4, 0.5) is 0 Å². The Morgan fingerprint density at radius 3 is 2.85 bits per heavy atom. The lowest BCUT2D eigenvalue weighted by Crippen LogP contribution is -2.27. The van der Waals surface area contributed by atoms with E-state index < -0.39 is 10.0 Å². The lowest BCUT2D eigenvalue weighted by molar-refractivity contribution is 0.572. The second-order valence-electron chi connectivity index (χ2n) is 2.62. The highest BCUT2D eigenvalue weighted by atomic mass is 79.9. The summed E-state index contributed by atoms with van der Waals surface area (Å²) in [6.07, 6.45) is 0. The van der Waals surface area contributed by atoms with E-state index in [4.69, 9.17) is 0 Å². The average Bonchev–Trinajstić information content (AvgIpc) is 2.55. The summed E-state index contributed by atoms with van der Waals surface area (Å²) in [4.78, 5) is 0. The maximum absolute atomic E-state index is 11.2. The number of nitrogens with one attached hydrogen (secondary N) is 1. The van der Waals surface area contributed by atoms with Crippen molar-refractivity contribution in [2.75, 3.05) is 4.66 Å². The molecule has 1 aromatic rings. The topological polar surface area (TPSA) is 46.2 Å². The highest BCUT2D eigenvalue weighted by Gasteiger charge is 2.13. The number of hydrogen-bond donors (Lipinski definition) is 1. The van der Waals surface area contributed by atoms with Crippen LogP contribution in [0.15, 0.2) is 16.8 Å². The molecule has 0 bridgehead atoms. The Bertz CT molecular complexity index is 347. The Morgan fingerprint density at radius 2 is 2.38 bits per heavy atom. The quantitative estimate of drug-likeness (QED) is 0.860. The third-order valence-corrected chi connectivity index (χ3v) is 5.05. The normalized spacial score (nSPS) is 14.3. The zero-order valence-corrected chi connectivity index (χ0v) is 10.2. The minimum atomic E-state index is -3.17. The van der Waals surface area contributed by atoms with E-state index in [1.807, 2.05) is 23.8 Å². The van der Waals surface area contributed by atoms with E-state index in [0.717, 1.165) is 5.56 Å². The Kier molecular flexibility index (Phi) is 3.90. The average molecular weight is 284 g/mol. The third kappa shape index (κ3) is 3.38. The van der Waals surface area contributed by atoms with Crippen LogP contribution < -0.4 is 4.72 Å². The van der Waals surface area contributed by atoms with Crippen LogP contribution in [0.3, 0.4) is 0 Å². The summed E-state index contributed by atoms with van der Waals surface area (Å²) in [5, 5.41) is 3.86. The lowest BCUT2D eigenvalue weighted by Gasteiger charge is -2.10. The van der Waals surface area contributed by atoms with Crippen LogP contribution in [0.25, 0.3) is 0 Å². The first-order valence-corrected chi connectivity index (χ1v) is 7.35. The van der Waals surface area contributed by atoms with Crippen LogP contribution in [0.1, 0.15) is 18.5 Å². The predicted molar refractivity (Wildman–Crippen MR) is 58.6 cm³/mol. The van der Waals surface area contributed by atoms with Crippen LogP contribution in [0.5, 0.6) is 0 Å². The fourth-order valence-corrected chi connectivity index (χ4v) is 2.78. The monoisotopic (exact) mass is 283 g/mol. The largest absolute Gasteiger partial charge is 0.222 e. The number of rotatable bonds is 4. The van der Waals surface area contributed by atoms with Gasteiger partial charge < -0.3 is 0 Å². The van der Waals surface area contributed by atoms with E-state index in [1.54, 1.807) is 11.3 Å². The van der Waals surface area contributed by atoms with Crippen molar-refractivity contribution < 1.29 is 8.42 Å². The first-order chi connectivity index (χ1) is 6.05. The van der Waals surface area contributed by atoms with Crippen LogP contribution in [0.2, 0.25) is 0 Å². The van der Waals surface area contributed by atoms with Gasteiger partial charge in [-0.1, -0.05) is 15.9 Å². The summed E-state index contributed by atoms with van der Waals surface area (Å²) in [5.74, 6) is 0. The van der Waals surface area contributed by atoms with Crippen LogP contribution in [0, 0.1) is 0 Å². The van der Waals surface area contributed by atoms with Crippen LogP contribution in [-0.4, -0.2) is 13.1 Å². The molecule has 3 nitrogen and oxygen atoms in total. The van der Waals surface area contributed by atoms with E-state index in [0.29, 0.717) is 0 Å². The van der Waals surface area contributed by atoms with Crippen molar-refractivity contribution in [3.8, 4) is 0 Å². The molecule has 0 aliphatic rings. The van der Waals surface area contributed by atoms with Gasteiger partial charge in [0, 0.05) is 6.04 Å². The van der Waals surface area contributed by atoms with Crippen molar-refractivity contribution in [2.24, 2.45) is 0 Å². The molecular weight excluding hydrogens is 274 g/mol. The number of hydrogen-bond acceptors (Lipinski definition) is 3. The zero-order valence-electron chi connectivity index (χ0n) is 7.03. The van der Waals surface area contributed by atoms with Gasteiger partial charge in [0.2, 0.25) is 10.0 Å². The Morgan fingerprint density at radius 1 is 1.69 bits per heavy atom. The summed E-state index contributed by atoms with van der Waals surface area (Å²) >= 11 is 4.47. The Balaban J connectivity index is 2.67. The molecule has 74 valence electrons. The molecule has 1 rings (SSSR count).